The molecule has 0 atom stereocenters. The molecule has 3 aromatic heterocycles. The number of likely N-dealkylation sites (tertiary alicyclic amines) is 1. The summed E-state index contributed by atoms with van der Waals surface area (Å²) in [5.74, 6) is 0.340. The number of hydrogen-bond acceptors (Lipinski definition) is 7. The van der Waals surface area contributed by atoms with Gasteiger partial charge in [-0.1, -0.05) is 18.2 Å². The van der Waals surface area contributed by atoms with Gasteiger partial charge < -0.3 is 14.6 Å². The second-order valence-electron chi connectivity index (χ2n) is 11.1. The van der Waals surface area contributed by atoms with E-state index in [1.165, 1.54) is 6.42 Å². The number of aromatic amines is 2. The van der Waals surface area contributed by atoms with Crippen LogP contribution in [0, 0.1) is 5.82 Å². The summed E-state index contributed by atoms with van der Waals surface area (Å²) >= 11 is 0. The molecule has 43 heavy (non-hydrogen) atoms. The van der Waals surface area contributed by atoms with E-state index < -0.39 is 0 Å². The van der Waals surface area contributed by atoms with Crippen molar-refractivity contribution in [2.75, 3.05) is 50.8 Å². The third-order valence-corrected chi connectivity index (χ3v) is 8.19. The van der Waals surface area contributed by atoms with E-state index in [0.717, 1.165) is 82.7 Å². The predicted molar refractivity (Wildman–Crippen MR) is 170 cm³/mol. The molecule has 2 aliphatic heterocycles. The second-order valence-corrected chi connectivity index (χ2v) is 11.1. The molecule has 2 N–H and O–H groups in total. The number of morpholine rings is 1. The summed E-state index contributed by atoms with van der Waals surface area (Å²) in [6.45, 7) is 11.5. The number of H-pyrrole nitrogens is 2. The summed E-state index contributed by atoms with van der Waals surface area (Å²) in [5, 5.41) is 8.49. The highest BCUT2D eigenvalue weighted by molar-refractivity contribution is 5.97. The van der Waals surface area contributed by atoms with Crippen LogP contribution in [0.15, 0.2) is 71.5 Å². The second kappa shape index (κ2) is 11.5. The number of ether oxygens (including phenoxy) is 1. The van der Waals surface area contributed by atoms with Crippen molar-refractivity contribution in [1.82, 2.24) is 30.0 Å². The highest BCUT2D eigenvalue weighted by Crippen LogP contribution is 2.34. The van der Waals surface area contributed by atoms with E-state index in [1.54, 1.807) is 12.1 Å². The number of aliphatic imine (C=N–C) groups is 1. The molecular weight excluding hydrogens is 543 g/mol. The SMILES string of the molecule is C=N/C=C(\C=C(/C)c1cnc2[nH]nc(-c3nc4c(-c5cc(F)cc(N6CCOCC6)c5)cccc4[nH]3)c2c1)CN1CCC1. The van der Waals surface area contributed by atoms with E-state index in [1.807, 2.05) is 36.7 Å². The normalized spacial score (nSPS) is 16.7. The number of allylic oxidation sites excluding steroid dienone is 1. The van der Waals surface area contributed by atoms with E-state index in [-0.39, 0.29) is 5.82 Å². The minimum atomic E-state index is -0.279. The summed E-state index contributed by atoms with van der Waals surface area (Å²) in [6, 6.07) is 13.2. The van der Waals surface area contributed by atoms with Crippen LogP contribution in [-0.4, -0.2) is 82.7 Å². The zero-order chi connectivity index (χ0) is 29.3. The smallest absolute Gasteiger partial charge is 0.159 e. The van der Waals surface area contributed by atoms with Crippen LogP contribution in [-0.2, 0) is 4.74 Å². The molecule has 218 valence electrons. The number of halogens is 1. The fraction of sp³-hybridized carbons (Fsp3) is 0.273. The first-order valence-electron chi connectivity index (χ1n) is 14.6. The van der Waals surface area contributed by atoms with Crippen LogP contribution in [0.2, 0.25) is 0 Å². The lowest BCUT2D eigenvalue weighted by Crippen LogP contribution is -2.38. The number of para-hydroxylation sites is 1. The third-order valence-electron chi connectivity index (χ3n) is 8.19. The van der Waals surface area contributed by atoms with E-state index in [4.69, 9.17) is 9.72 Å². The zero-order valence-electron chi connectivity index (χ0n) is 24.1. The van der Waals surface area contributed by atoms with Crippen LogP contribution in [0.3, 0.4) is 0 Å². The lowest BCUT2D eigenvalue weighted by Gasteiger charge is -2.30. The third kappa shape index (κ3) is 5.47. The molecule has 7 rings (SSSR count). The molecule has 2 fully saturated rings. The van der Waals surface area contributed by atoms with Crippen molar-refractivity contribution in [3.8, 4) is 22.6 Å². The van der Waals surface area contributed by atoms with Gasteiger partial charge in [0.1, 0.15) is 11.5 Å². The van der Waals surface area contributed by atoms with Crippen molar-refractivity contribution in [2.45, 2.75) is 13.3 Å². The molecule has 2 saturated heterocycles. The standard InChI is InChI=1S/C33H33FN8O/c1-21(13-22(18-35-2)20-41-7-4-8-41)24-16-28-31(39-40-32(28)36-19-24)33-37-29-6-3-5-27(30(29)38-33)23-14-25(34)17-26(15-23)42-9-11-43-12-10-42/h3,5-6,13-19H,2,4,7-12,20H2,1H3,(H,37,38)(H,36,39,40)/b21-13+,22-18+. The van der Waals surface area contributed by atoms with Crippen LogP contribution < -0.4 is 4.90 Å². The molecule has 0 saturated carbocycles. The van der Waals surface area contributed by atoms with Crippen molar-refractivity contribution >= 4 is 40.0 Å². The molecule has 10 heteroatoms. The average molecular weight is 577 g/mol. The molecule has 2 aromatic carbocycles. The highest BCUT2D eigenvalue weighted by Gasteiger charge is 2.19. The molecule has 0 amide bonds. The summed E-state index contributed by atoms with van der Waals surface area (Å²) in [5.41, 5.74) is 8.60. The van der Waals surface area contributed by atoms with Gasteiger partial charge >= 0.3 is 0 Å². The largest absolute Gasteiger partial charge is 0.378 e. The Kier molecular flexibility index (Phi) is 7.30. The van der Waals surface area contributed by atoms with Gasteiger partial charge in [-0.2, -0.15) is 5.10 Å². The maximum absolute atomic E-state index is 14.9. The number of nitrogens with zero attached hydrogens (tertiary/aromatic N) is 6. The molecule has 5 heterocycles. The molecule has 9 nitrogen and oxygen atoms in total. The number of imidazole rings is 1. The molecule has 0 aliphatic carbocycles. The van der Waals surface area contributed by atoms with Crippen LogP contribution >= 0.6 is 0 Å². The van der Waals surface area contributed by atoms with Crippen LogP contribution in [0.5, 0.6) is 0 Å². The summed E-state index contributed by atoms with van der Waals surface area (Å²) in [4.78, 5) is 21.6. The molecule has 0 unspecified atom stereocenters. The summed E-state index contributed by atoms with van der Waals surface area (Å²) < 4.78 is 20.3. The first-order chi connectivity index (χ1) is 21.1. The van der Waals surface area contributed by atoms with Gasteiger partial charge in [0.05, 0.1) is 29.6 Å². The number of benzene rings is 2. The van der Waals surface area contributed by atoms with Gasteiger partial charge in [-0.05, 0) is 85.8 Å². The fourth-order valence-electron chi connectivity index (χ4n) is 5.81. The predicted octanol–water partition coefficient (Wildman–Crippen LogP) is 5.84. The number of hydrogen-bond donors (Lipinski definition) is 2. The van der Waals surface area contributed by atoms with E-state index >= 15 is 0 Å². The van der Waals surface area contributed by atoms with E-state index in [0.29, 0.717) is 30.4 Å². The van der Waals surface area contributed by atoms with Crippen LogP contribution in [0.4, 0.5) is 10.1 Å². The van der Waals surface area contributed by atoms with Crippen molar-refractivity contribution in [3.63, 3.8) is 0 Å². The minimum Gasteiger partial charge on any atom is -0.378 e. The first-order valence-corrected chi connectivity index (χ1v) is 14.6. The Hall–Kier alpha value is -4.67. The number of rotatable bonds is 8. The van der Waals surface area contributed by atoms with Crippen molar-refractivity contribution in [2.24, 2.45) is 4.99 Å². The Morgan fingerprint density at radius 3 is 2.79 bits per heavy atom. The Morgan fingerprint density at radius 2 is 2.00 bits per heavy atom. The fourth-order valence-corrected chi connectivity index (χ4v) is 5.81. The van der Waals surface area contributed by atoms with Gasteiger partial charge in [0.15, 0.2) is 11.5 Å². The quantitative estimate of drug-likeness (QED) is 0.178. The summed E-state index contributed by atoms with van der Waals surface area (Å²) in [6.07, 6.45) is 7.06. The lowest BCUT2D eigenvalue weighted by atomic mass is 10.0. The zero-order valence-corrected chi connectivity index (χ0v) is 24.1. The van der Waals surface area contributed by atoms with Gasteiger partial charge in [-0.25, -0.2) is 14.4 Å². The van der Waals surface area contributed by atoms with Crippen molar-refractivity contribution in [1.29, 1.82) is 0 Å². The Balaban J connectivity index is 1.24. The Morgan fingerprint density at radius 1 is 1.14 bits per heavy atom. The van der Waals surface area contributed by atoms with Crippen LogP contribution in [0.25, 0.3) is 50.3 Å². The van der Waals surface area contributed by atoms with Gasteiger partial charge in [0.2, 0.25) is 0 Å². The molecule has 0 radical (unpaired) electrons. The van der Waals surface area contributed by atoms with E-state index in [2.05, 4.69) is 60.7 Å². The van der Waals surface area contributed by atoms with Gasteiger partial charge in [-0.15, -0.1) is 0 Å². The summed E-state index contributed by atoms with van der Waals surface area (Å²) in [7, 11) is 0. The van der Waals surface area contributed by atoms with Crippen LogP contribution in [0.1, 0.15) is 18.9 Å². The topological polar surface area (TPSA) is 98.3 Å². The van der Waals surface area contributed by atoms with Gasteiger partial charge in [-0.3, -0.25) is 15.0 Å². The molecule has 2 aliphatic rings. The van der Waals surface area contributed by atoms with Gasteiger partial charge in [0, 0.05) is 43.3 Å². The number of anilines is 1. The number of fused-ring (bicyclic) bond motifs is 2. The van der Waals surface area contributed by atoms with E-state index in [9.17, 15) is 4.39 Å². The average Bonchev–Trinajstić information content (AvgIpc) is 3.63. The molecule has 0 spiro atoms. The highest BCUT2D eigenvalue weighted by atomic mass is 19.1. The first kappa shape index (κ1) is 27.2. The monoisotopic (exact) mass is 576 g/mol. The Labute approximate surface area is 248 Å². The molecular formula is C33H33FN8O. The number of nitrogens with one attached hydrogen (secondary N) is 2. The number of aromatic nitrogens is 5. The maximum Gasteiger partial charge on any atom is 0.159 e. The van der Waals surface area contributed by atoms with Crippen molar-refractivity contribution in [3.05, 3.63) is 77.9 Å². The van der Waals surface area contributed by atoms with Gasteiger partial charge in [0.25, 0.3) is 0 Å². The Bertz CT molecular complexity index is 1880. The lowest BCUT2D eigenvalue weighted by molar-refractivity contribution is 0.122. The number of pyridine rings is 1. The van der Waals surface area contributed by atoms with Crippen molar-refractivity contribution < 1.29 is 9.13 Å². The molecule has 0 bridgehead atoms. The minimum absolute atomic E-state index is 0.279. The maximum atomic E-state index is 14.9. The molecule has 5 aromatic rings.